The lowest BCUT2D eigenvalue weighted by atomic mass is 9.86. The lowest BCUT2D eigenvalue weighted by molar-refractivity contribution is -0.121. The van der Waals surface area contributed by atoms with Crippen molar-refractivity contribution in [1.82, 2.24) is 10.2 Å². The Labute approximate surface area is 177 Å². The number of amides is 1. The number of hydrogen-bond acceptors (Lipinski definition) is 2. The van der Waals surface area contributed by atoms with Crippen LogP contribution in [0.25, 0.3) is 0 Å². The lowest BCUT2D eigenvalue weighted by Crippen LogP contribution is -2.26. The zero-order valence-corrected chi connectivity index (χ0v) is 20.0. The Morgan fingerprint density at radius 1 is 0.750 bits per heavy atom. The molecule has 0 aromatic rings. The van der Waals surface area contributed by atoms with Gasteiger partial charge in [-0.1, -0.05) is 97.8 Å². The second kappa shape index (κ2) is 19.7. The minimum Gasteiger partial charge on any atom is -0.356 e. The molecule has 28 heavy (non-hydrogen) atoms. The standard InChI is InChI=1S/C25H52N2O/c1-6-7-8-9-11-14-18-23(2)24(3)19-15-12-10-13-16-20-25(28)26-21-17-22-27(4)5/h23-24H,6-22H2,1-5H3,(H,26,28). The van der Waals surface area contributed by atoms with E-state index in [0.29, 0.717) is 6.42 Å². The number of rotatable bonds is 20. The Morgan fingerprint density at radius 2 is 1.25 bits per heavy atom. The molecule has 3 heteroatoms. The third-order valence-corrected chi connectivity index (χ3v) is 6.15. The van der Waals surface area contributed by atoms with Crippen molar-refractivity contribution < 1.29 is 4.79 Å². The van der Waals surface area contributed by atoms with Crippen molar-refractivity contribution in [3.05, 3.63) is 0 Å². The van der Waals surface area contributed by atoms with Crippen LogP contribution in [0.1, 0.15) is 117 Å². The minimum absolute atomic E-state index is 0.232. The molecule has 3 nitrogen and oxygen atoms in total. The summed E-state index contributed by atoms with van der Waals surface area (Å²) in [5, 5.41) is 3.03. The first-order valence-corrected chi connectivity index (χ1v) is 12.4. The van der Waals surface area contributed by atoms with Crippen LogP contribution in [0.5, 0.6) is 0 Å². The van der Waals surface area contributed by atoms with E-state index >= 15 is 0 Å². The van der Waals surface area contributed by atoms with Crippen LogP contribution in [0.2, 0.25) is 0 Å². The quantitative estimate of drug-likeness (QED) is 0.229. The molecule has 0 saturated carbocycles. The van der Waals surface area contributed by atoms with Crippen molar-refractivity contribution in [3.63, 3.8) is 0 Å². The van der Waals surface area contributed by atoms with E-state index in [9.17, 15) is 4.79 Å². The fourth-order valence-electron chi connectivity index (χ4n) is 3.81. The maximum Gasteiger partial charge on any atom is 0.219 e. The molecule has 2 unspecified atom stereocenters. The topological polar surface area (TPSA) is 32.3 Å². The van der Waals surface area contributed by atoms with E-state index in [1.165, 1.54) is 77.0 Å². The van der Waals surface area contributed by atoms with Gasteiger partial charge in [0, 0.05) is 13.0 Å². The SMILES string of the molecule is CCCCCCCCC(C)C(C)CCCCCCCC(=O)NCCCN(C)C. The van der Waals surface area contributed by atoms with Gasteiger partial charge in [0.25, 0.3) is 0 Å². The first-order chi connectivity index (χ1) is 13.5. The summed E-state index contributed by atoms with van der Waals surface area (Å²) in [5.74, 6) is 1.97. The van der Waals surface area contributed by atoms with Crippen LogP contribution >= 0.6 is 0 Å². The monoisotopic (exact) mass is 396 g/mol. The number of carbonyl (C=O) groups excluding carboxylic acids is 1. The van der Waals surface area contributed by atoms with Gasteiger partial charge in [0.05, 0.1) is 0 Å². The van der Waals surface area contributed by atoms with E-state index in [1.807, 2.05) is 0 Å². The van der Waals surface area contributed by atoms with E-state index in [-0.39, 0.29) is 5.91 Å². The molecule has 0 aromatic heterocycles. The molecule has 0 fully saturated rings. The maximum absolute atomic E-state index is 11.8. The maximum atomic E-state index is 11.8. The lowest BCUT2D eigenvalue weighted by Gasteiger charge is -2.19. The predicted molar refractivity (Wildman–Crippen MR) is 125 cm³/mol. The molecule has 0 radical (unpaired) electrons. The molecule has 0 saturated heterocycles. The summed E-state index contributed by atoms with van der Waals surface area (Å²) < 4.78 is 0. The van der Waals surface area contributed by atoms with Crippen molar-refractivity contribution in [1.29, 1.82) is 0 Å². The van der Waals surface area contributed by atoms with Crippen LogP contribution in [-0.4, -0.2) is 38.0 Å². The third kappa shape index (κ3) is 18.8. The summed E-state index contributed by atoms with van der Waals surface area (Å²) in [6.07, 6.45) is 19.2. The molecule has 0 bridgehead atoms. The molecule has 2 atom stereocenters. The highest BCUT2D eigenvalue weighted by Crippen LogP contribution is 2.24. The van der Waals surface area contributed by atoms with Crippen LogP contribution in [0.3, 0.4) is 0 Å². The summed E-state index contributed by atoms with van der Waals surface area (Å²) in [6.45, 7) is 9.04. The molecule has 0 heterocycles. The summed E-state index contributed by atoms with van der Waals surface area (Å²) >= 11 is 0. The van der Waals surface area contributed by atoms with Crippen molar-refractivity contribution >= 4 is 5.91 Å². The van der Waals surface area contributed by atoms with Gasteiger partial charge in [-0.3, -0.25) is 4.79 Å². The molecule has 1 amide bonds. The average molecular weight is 397 g/mol. The number of carbonyl (C=O) groups is 1. The second-order valence-electron chi connectivity index (χ2n) is 9.32. The number of nitrogens with zero attached hydrogens (tertiary/aromatic N) is 1. The molecule has 1 N–H and O–H groups in total. The van der Waals surface area contributed by atoms with E-state index < -0.39 is 0 Å². The van der Waals surface area contributed by atoms with Gasteiger partial charge in [-0.15, -0.1) is 0 Å². The summed E-state index contributed by atoms with van der Waals surface area (Å²) in [4.78, 5) is 13.9. The number of hydrogen-bond donors (Lipinski definition) is 1. The van der Waals surface area contributed by atoms with Gasteiger partial charge in [0.1, 0.15) is 0 Å². The third-order valence-electron chi connectivity index (χ3n) is 6.15. The highest BCUT2D eigenvalue weighted by atomic mass is 16.1. The average Bonchev–Trinajstić information content (AvgIpc) is 2.66. The van der Waals surface area contributed by atoms with Gasteiger partial charge in [-0.05, 0) is 45.3 Å². The Hall–Kier alpha value is -0.570. The Bertz CT molecular complexity index is 343. The van der Waals surface area contributed by atoms with Gasteiger partial charge >= 0.3 is 0 Å². The van der Waals surface area contributed by atoms with Crippen LogP contribution in [-0.2, 0) is 4.79 Å². The van der Waals surface area contributed by atoms with Crippen molar-refractivity contribution in [3.8, 4) is 0 Å². The molecule has 0 aliphatic carbocycles. The van der Waals surface area contributed by atoms with Gasteiger partial charge < -0.3 is 10.2 Å². The van der Waals surface area contributed by atoms with Gasteiger partial charge in [-0.25, -0.2) is 0 Å². The fourth-order valence-corrected chi connectivity index (χ4v) is 3.81. The summed E-state index contributed by atoms with van der Waals surface area (Å²) in [5.41, 5.74) is 0. The summed E-state index contributed by atoms with van der Waals surface area (Å²) in [6, 6.07) is 0. The fraction of sp³-hybridized carbons (Fsp3) is 0.960. The first-order valence-electron chi connectivity index (χ1n) is 12.4. The van der Waals surface area contributed by atoms with E-state index in [4.69, 9.17) is 0 Å². The molecule has 0 aliphatic heterocycles. The smallest absolute Gasteiger partial charge is 0.219 e. The molecular weight excluding hydrogens is 344 g/mol. The largest absolute Gasteiger partial charge is 0.356 e. The van der Waals surface area contributed by atoms with Crippen molar-refractivity contribution in [2.45, 2.75) is 117 Å². The van der Waals surface area contributed by atoms with Crippen molar-refractivity contribution in [2.24, 2.45) is 11.8 Å². The van der Waals surface area contributed by atoms with Crippen LogP contribution in [0.4, 0.5) is 0 Å². The molecule has 168 valence electrons. The molecule has 0 rings (SSSR count). The molecule has 0 spiro atoms. The molecule has 0 aromatic carbocycles. The van der Waals surface area contributed by atoms with Crippen LogP contribution in [0.15, 0.2) is 0 Å². The Balaban J connectivity index is 3.43. The highest BCUT2D eigenvalue weighted by Gasteiger charge is 2.11. The Morgan fingerprint density at radius 3 is 1.79 bits per heavy atom. The van der Waals surface area contributed by atoms with Crippen molar-refractivity contribution in [2.75, 3.05) is 27.2 Å². The summed E-state index contributed by atoms with van der Waals surface area (Å²) in [7, 11) is 4.14. The van der Waals surface area contributed by atoms with E-state index in [1.54, 1.807) is 0 Å². The number of unbranched alkanes of at least 4 members (excludes halogenated alkanes) is 9. The molecular formula is C25H52N2O. The zero-order valence-electron chi connectivity index (χ0n) is 20.0. The van der Waals surface area contributed by atoms with Gasteiger partial charge in [-0.2, -0.15) is 0 Å². The van der Waals surface area contributed by atoms with E-state index in [0.717, 1.165) is 37.8 Å². The van der Waals surface area contributed by atoms with Gasteiger partial charge in [0.2, 0.25) is 5.91 Å². The Kier molecular flexibility index (Phi) is 19.3. The predicted octanol–water partition coefficient (Wildman–Crippen LogP) is 6.81. The highest BCUT2D eigenvalue weighted by molar-refractivity contribution is 5.75. The zero-order chi connectivity index (χ0) is 21.0. The van der Waals surface area contributed by atoms with Crippen LogP contribution < -0.4 is 5.32 Å². The molecule has 0 aliphatic rings. The van der Waals surface area contributed by atoms with Gasteiger partial charge in [0.15, 0.2) is 0 Å². The minimum atomic E-state index is 0.232. The van der Waals surface area contributed by atoms with E-state index in [2.05, 4.69) is 45.1 Å². The first kappa shape index (κ1) is 27.4. The van der Waals surface area contributed by atoms with Crippen LogP contribution in [0, 0.1) is 11.8 Å². The second-order valence-corrected chi connectivity index (χ2v) is 9.32. The number of nitrogens with one attached hydrogen (secondary N) is 1. The normalized spacial score (nSPS) is 13.6.